The van der Waals surface area contributed by atoms with E-state index in [-0.39, 0.29) is 21.1 Å². The highest BCUT2D eigenvalue weighted by molar-refractivity contribution is 7.97. The topological polar surface area (TPSA) is 67.6 Å². The highest BCUT2D eigenvalue weighted by Gasteiger charge is 2.39. The Morgan fingerprint density at radius 3 is 1.90 bits per heavy atom. The Kier molecular flexibility index (Phi) is 4.56. The molecule has 0 N–H and O–H groups in total. The van der Waals surface area contributed by atoms with Gasteiger partial charge in [0.25, 0.3) is 0 Å². The van der Waals surface area contributed by atoms with E-state index in [1.807, 2.05) is 65.6 Å². The highest BCUT2D eigenvalue weighted by atomic mass is 32.2. The number of para-hydroxylation sites is 2. The smallest absolute Gasteiger partial charge is 0.211 e. The Morgan fingerprint density at radius 1 is 0.710 bits per heavy atom. The summed E-state index contributed by atoms with van der Waals surface area (Å²) in [6, 6.07) is 29.0. The van der Waals surface area contributed by atoms with Crippen LogP contribution in [-0.2, 0) is 9.84 Å². The molecule has 0 saturated carbocycles. The molecule has 0 saturated heterocycles. The molecule has 0 atom stereocenters. The zero-order valence-electron chi connectivity index (χ0n) is 16.3. The van der Waals surface area contributed by atoms with E-state index in [1.165, 1.54) is 18.2 Å². The number of allylic oxidation sites excluding steroid dienone is 1. The molecule has 0 radical (unpaired) electrons. The molecule has 1 aliphatic heterocycles. The lowest BCUT2D eigenvalue weighted by Crippen LogP contribution is -2.08. The van der Waals surface area contributed by atoms with Gasteiger partial charge in [-0.3, -0.25) is 9.69 Å². The molecule has 0 unspecified atom stereocenters. The number of anilines is 3. The predicted octanol–water partition coefficient (Wildman–Crippen LogP) is 5.76. The van der Waals surface area contributed by atoms with Gasteiger partial charge >= 0.3 is 0 Å². The van der Waals surface area contributed by atoms with Crippen molar-refractivity contribution in [2.24, 2.45) is 0 Å². The van der Waals surface area contributed by atoms with E-state index in [4.69, 9.17) is 4.42 Å². The summed E-state index contributed by atoms with van der Waals surface area (Å²) in [4.78, 5) is 14.4. The standard InChI is InChI=1S/C25H17NO4S/c27-25-21-13-7-8-14-22(21)31(28,29)23(25)17-20-15-16-24(30-20)26(18-9-3-1-4-10-18)19-11-5-2-6-12-19/h1-17H/b23-17-. The number of rotatable bonds is 4. The lowest BCUT2D eigenvalue weighted by atomic mass is 10.1. The molecule has 0 aliphatic carbocycles. The third-order valence-electron chi connectivity index (χ3n) is 5.07. The molecule has 1 aliphatic rings. The van der Waals surface area contributed by atoms with Crippen LogP contribution in [-0.4, -0.2) is 14.2 Å². The number of hydrogen-bond acceptors (Lipinski definition) is 5. The molecular formula is C25H17NO4S. The quantitative estimate of drug-likeness (QED) is 0.387. The van der Waals surface area contributed by atoms with Crippen molar-refractivity contribution in [1.82, 2.24) is 0 Å². The second-order valence-electron chi connectivity index (χ2n) is 7.02. The minimum Gasteiger partial charge on any atom is -0.440 e. The molecule has 1 aromatic heterocycles. The fourth-order valence-corrected chi connectivity index (χ4v) is 5.20. The Labute approximate surface area is 179 Å². The number of carbonyl (C=O) groups excluding carboxylic acids is 1. The SMILES string of the molecule is O=C1/C(=C/c2ccc(N(c3ccccc3)c3ccccc3)o2)S(=O)(=O)c2ccccc21. The number of nitrogens with zero attached hydrogens (tertiary/aromatic N) is 1. The molecule has 2 heterocycles. The second-order valence-corrected chi connectivity index (χ2v) is 8.91. The molecule has 0 spiro atoms. The van der Waals surface area contributed by atoms with Gasteiger partial charge in [-0.05, 0) is 42.5 Å². The van der Waals surface area contributed by atoms with Crippen LogP contribution in [0.15, 0.2) is 111 Å². The number of hydrogen-bond donors (Lipinski definition) is 0. The Hall–Kier alpha value is -3.90. The Balaban J connectivity index is 1.58. The zero-order chi connectivity index (χ0) is 21.4. The maximum absolute atomic E-state index is 12.8. The van der Waals surface area contributed by atoms with Crippen molar-refractivity contribution in [2.45, 2.75) is 4.90 Å². The second kappa shape index (κ2) is 7.41. The van der Waals surface area contributed by atoms with Gasteiger partial charge in [0.05, 0.1) is 4.90 Å². The first-order chi connectivity index (χ1) is 15.1. The number of fused-ring (bicyclic) bond motifs is 1. The van der Waals surface area contributed by atoms with Crippen LogP contribution in [0.5, 0.6) is 0 Å². The summed E-state index contributed by atoms with van der Waals surface area (Å²) in [6.07, 6.45) is 1.30. The minimum atomic E-state index is -3.87. The number of carbonyl (C=O) groups is 1. The monoisotopic (exact) mass is 427 g/mol. The normalized spacial score (nSPS) is 15.7. The summed E-state index contributed by atoms with van der Waals surface area (Å²) in [5.74, 6) is 0.271. The van der Waals surface area contributed by atoms with Crippen LogP contribution < -0.4 is 4.90 Å². The van der Waals surface area contributed by atoms with E-state index < -0.39 is 15.6 Å². The van der Waals surface area contributed by atoms with Crippen LogP contribution in [0.25, 0.3) is 6.08 Å². The summed E-state index contributed by atoms with van der Waals surface area (Å²) in [6.45, 7) is 0. The van der Waals surface area contributed by atoms with E-state index in [0.29, 0.717) is 5.88 Å². The molecule has 152 valence electrons. The highest BCUT2D eigenvalue weighted by Crippen LogP contribution is 2.38. The number of Topliss-reactive ketones (excluding diaryl/α,β-unsaturated/α-hetero) is 1. The first-order valence-electron chi connectivity index (χ1n) is 9.66. The van der Waals surface area contributed by atoms with E-state index in [2.05, 4.69) is 0 Å². The first-order valence-corrected chi connectivity index (χ1v) is 11.1. The van der Waals surface area contributed by atoms with Crippen LogP contribution in [0.1, 0.15) is 16.1 Å². The van der Waals surface area contributed by atoms with Gasteiger partial charge in [-0.15, -0.1) is 0 Å². The summed E-state index contributed by atoms with van der Waals surface area (Å²) in [5, 5.41) is 0. The van der Waals surface area contributed by atoms with Gasteiger partial charge in [-0.2, -0.15) is 0 Å². The molecule has 0 bridgehead atoms. The van der Waals surface area contributed by atoms with Crippen LogP contribution in [0, 0.1) is 0 Å². The average Bonchev–Trinajstić information content (AvgIpc) is 3.33. The van der Waals surface area contributed by atoms with Crippen molar-refractivity contribution in [1.29, 1.82) is 0 Å². The molecule has 0 amide bonds. The number of sulfone groups is 1. The molecule has 5 rings (SSSR count). The summed E-state index contributed by atoms with van der Waals surface area (Å²) in [7, 11) is -3.87. The molecule has 6 heteroatoms. The Morgan fingerprint density at radius 2 is 1.29 bits per heavy atom. The van der Waals surface area contributed by atoms with Crippen molar-refractivity contribution in [3.8, 4) is 0 Å². The van der Waals surface area contributed by atoms with Gasteiger partial charge in [-0.25, -0.2) is 8.42 Å². The molecule has 4 aromatic rings. The molecule has 3 aromatic carbocycles. The number of benzene rings is 3. The third-order valence-corrected chi connectivity index (χ3v) is 6.89. The average molecular weight is 427 g/mol. The van der Waals surface area contributed by atoms with Crippen molar-refractivity contribution >= 4 is 39.0 Å². The zero-order valence-corrected chi connectivity index (χ0v) is 17.1. The summed E-state index contributed by atoms with van der Waals surface area (Å²) >= 11 is 0. The lowest BCUT2D eigenvalue weighted by Gasteiger charge is -2.22. The molecule has 31 heavy (non-hydrogen) atoms. The molecule has 0 fully saturated rings. The molecular weight excluding hydrogens is 410 g/mol. The largest absolute Gasteiger partial charge is 0.440 e. The van der Waals surface area contributed by atoms with E-state index >= 15 is 0 Å². The van der Waals surface area contributed by atoms with Gasteiger partial charge in [0.1, 0.15) is 10.7 Å². The lowest BCUT2D eigenvalue weighted by molar-refractivity contribution is 0.104. The third kappa shape index (κ3) is 3.27. The maximum Gasteiger partial charge on any atom is 0.211 e. The summed E-state index contributed by atoms with van der Waals surface area (Å²) in [5.41, 5.74) is 1.97. The van der Waals surface area contributed by atoms with Crippen molar-refractivity contribution in [3.63, 3.8) is 0 Å². The fraction of sp³-hybridized carbons (Fsp3) is 0. The predicted molar refractivity (Wildman–Crippen MR) is 119 cm³/mol. The van der Waals surface area contributed by atoms with Gasteiger partial charge in [0.15, 0.2) is 0 Å². The summed E-state index contributed by atoms with van der Waals surface area (Å²) < 4.78 is 31.7. The van der Waals surface area contributed by atoms with Crippen LogP contribution in [0.2, 0.25) is 0 Å². The van der Waals surface area contributed by atoms with Crippen molar-refractivity contribution in [3.05, 3.63) is 113 Å². The number of ketones is 1. The van der Waals surface area contributed by atoms with Crippen LogP contribution in [0.3, 0.4) is 0 Å². The van der Waals surface area contributed by atoms with E-state index in [0.717, 1.165) is 11.4 Å². The van der Waals surface area contributed by atoms with Gasteiger partial charge in [-0.1, -0.05) is 48.5 Å². The van der Waals surface area contributed by atoms with Gasteiger partial charge in [0, 0.05) is 29.1 Å². The number of furan rings is 1. The maximum atomic E-state index is 12.8. The van der Waals surface area contributed by atoms with Crippen molar-refractivity contribution < 1.29 is 17.6 Å². The van der Waals surface area contributed by atoms with Gasteiger partial charge in [0.2, 0.25) is 21.5 Å². The van der Waals surface area contributed by atoms with Crippen molar-refractivity contribution in [2.75, 3.05) is 4.90 Å². The van der Waals surface area contributed by atoms with E-state index in [1.54, 1.807) is 24.3 Å². The van der Waals surface area contributed by atoms with Crippen LogP contribution >= 0.6 is 0 Å². The van der Waals surface area contributed by atoms with E-state index in [9.17, 15) is 13.2 Å². The minimum absolute atomic E-state index is 0.0354. The van der Waals surface area contributed by atoms with Crippen LogP contribution in [0.4, 0.5) is 17.3 Å². The Bertz CT molecular complexity index is 1360. The molecule has 5 nitrogen and oxygen atoms in total. The van der Waals surface area contributed by atoms with Gasteiger partial charge < -0.3 is 4.42 Å². The fourth-order valence-electron chi connectivity index (χ4n) is 3.63. The first kappa shape index (κ1) is 19.1.